The molecule has 0 fully saturated rings. The van der Waals surface area contributed by atoms with Gasteiger partial charge in [-0.2, -0.15) is 0 Å². The molecule has 0 saturated heterocycles. The molecule has 2 aromatic carbocycles. The van der Waals surface area contributed by atoms with E-state index in [1.165, 1.54) is 5.56 Å². The van der Waals surface area contributed by atoms with E-state index in [9.17, 15) is 4.79 Å². The van der Waals surface area contributed by atoms with Crippen molar-refractivity contribution >= 4 is 6.03 Å². The monoisotopic (exact) mass is 386 g/mol. The van der Waals surface area contributed by atoms with Gasteiger partial charge in [-0.1, -0.05) is 0 Å². The van der Waals surface area contributed by atoms with Crippen LogP contribution in [0.25, 0.3) is 0 Å². The van der Waals surface area contributed by atoms with Gasteiger partial charge in [-0.05, 0) is 47.4 Å². The maximum Gasteiger partial charge on any atom is 0.317 e. The first kappa shape index (κ1) is 19.7. The van der Waals surface area contributed by atoms with Crippen molar-refractivity contribution in [1.29, 1.82) is 0 Å². The largest absolute Gasteiger partial charge is 0.497 e. The number of fused-ring (bicyclic) bond motifs is 1. The lowest BCUT2D eigenvalue weighted by molar-refractivity contribution is 0.191. The maximum atomic E-state index is 12.7. The van der Waals surface area contributed by atoms with E-state index < -0.39 is 0 Å². The van der Waals surface area contributed by atoms with Crippen molar-refractivity contribution in [2.24, 2.45) is 0 Å². The first-order chi connectivity index (χ1) is 13.6. The number of amides is 2. The minimum atomic E-state index is -0.109. The number of nitrogens with zero attached hydrogens (tertiary/aromatic N) is 1. The number of hydrogen-bond acceptors (Lipinski definition) is 5. The van der Waals surface area contributed by atoms with E-state index in [-0.39, 0.29) is 6.03 Å². The summed E-state index contributed by atoms with van der Waals surface area (Å²) in [7, 11) is 6.44. The Labute approximate surface area is 165 Å². The van der Waals surface area contributed by atoms with Crippen molar-refractivity contribution in [3.05, 3.63) is 47.0 Å². The predicted octanol–water partition coefficient (Wildman–Crippen LogP) is 2.99. The standard InChI is InChI=1S/C21H26N2O5/c1-25-17-7-14(8-18(11-17)26-2)12-22-21(24)23-6-5-15-9-19(27-3)20(28-4)10-16(15)13-23/h7-11H,5-6,12-13H2,1-4H3,(H,22,24). The Bertz CT molecular complexity index is 831. The molecule has 2 aromatic rings. The van der Waals surface area contributed by atoms with Crippen LogP contribution in [-0.4, -0.2) is 45.9 Å². The molecule has 0 atom stereocenters. The molecule has 1 aliphatic rings. The summed E-state index contributed by atoms with van der Waals surface area (Å²) < 4.78 is 21.3. The van der Waals surface area contributed by atoms with Gasteiger partial charge in [0.05, 0.1) is 28.4 Å². The van der Waals surface area contributed by atoms with Crippen molar-refractivity contribution in [2.45, 2.75) is 19.5 Å². The zero-order chi connectivity index (χ0) is 20.1. The Balaban J connectivity index is 1.67. The minimum Gasteiger partial charge on any atom is -0.497 e. The molecule has 0 spiro atoms. The molecule has 3 rings (SSSR count). The first-order valence-corrected chi connectivity index (χ1v) is 9.06. The van der Waals surface area contributed by atoms with Crippen LogP contribution < -0.4 is 24.3 Å². The lowest BCUT2D eigenvalue weighted by Crippen LogP contribution is -2.42. The van der Waals surface area contributed by atoms with Crippen molar-refractivity contribution < 1.29 is 23.7 Å². The van der Waals surface area contributed by atoms with Crippen LogP contribution in [0.15, 0.2) is 30.3 Å². The summed E-state index contributed by atoms with van der Waals surface area (Å²) in [5.41, 5.74) is 3.16. The average molecular weight is 386 g/mol. The highest BCUT2D eigenvalue weighted by Crippen LogP contribution is 2.33. The number of carbonyl (C=O) groups is 1. The number of ether oxygens (including phenoxy) is 4. The smallest absolute Gasteiger partial charge is 0.317 e. The number of benzene rings is 2. The van der Waals surface area contributed by atoms with Gasteiger partial charge < -0.3 is 29.2 Å². The molecule has 0 bridgehead atoms. The molecule has 7 heteroatoms. The SMILES string of the molecule is COc1cc(CNC(=O)N2CCc3cc(OC)c(OC)cc3C2)cc(OC)c1. The molecule has 1 heterocycles. The van der Waals surface area contributed by atoms with E-state index in [4.69, 9.17) is 18.9 Å². The van der Waals surface area contributed by atoms with Crippen molar-refractivity contribution in [3.8, 4) is 23.0 Å². The lowest BCUT2D eigenvalue weighted by atomic mass is 9.99. The van der Waals surface area contributed by atoms with Crippen molar-refractivity contribution in [3.63, 3.8) is 0 Å². The second kappa shape index (κ2) is 8.73. The number of nitrogens with one attached hydrogen (secondary N) is 1. The third kappa shape index (κ3) is 4.24. The number of urea groups is 1. The second-order valence-electron chi connectivity index (χ2n) is 6.53. The molecule has 0 unspecified atom stereocenters. The van der Waals surface area contributed by atoms with E-state index in [1.54, 1.807) is 39.4 Å². The van der Waals surface area contributed by atoms with Gasteiger partial charge in [0.1, 0.15) is 11.5 Å². The Morgan fingerprint density at radius 3 is 2.07 bits per heavy atom. The van der Waals surface area contributed by atoms with Gasteiger partial charge in [0, 0.05) is 25.7 Å². The van der Waals surface area contributed by atoms with Crippen molar-refractivity contribution in [1.82, 2.24) is 10.2 Å². The summed E-state index contributed by atoms with van der Waals surface area (Å²) in [6.45, 7) is 1.57. The molecule has 7 nitrogen and oxygen atoms in total. The molecular formula is C21H26N2O5. The second-order valence-corrected chi connectivity index (χ2v) is 6.53. The average Bonchev–Trinajstić information content (AvgIpc) is 2.75. The summed E-state index contributed by atoms with van der Waals surface area (Å²) >= 11 is 0. The van der Waals surface area contributed by atoms with E-state index in [1.807, 2.05) is 24.3 Å². The van der Waals surface area contributed by atoms with Crippen LogP contribution in [0.2, 0.25) is 0 Å². The van der Waals surface area contributed by atoms with Crippen LogP contribution in [-0.2, 0) is 19.5 Å². The summed E-state index contributed by atoms with van der Waals surface area (Å²) in [6.07, 6.45) is 0.774. The number of carbonyl (C=O) groups excluding carboxylic acids is 1. The van der Waals surface area contributed by atoms with Gasteiger partial charge in [0.15, 0.2) is 11.5 Å². The van der Waals surface area contributed by atoms with Crippen LogP contribution in [0.5, 0.6) is 23.0 Å². The third-order valence-electron chi connectivity index (χ3n) is 4.86. The molecule has 2 amide bonds. The van der Waals surface area contributed by atoms with Crippen LogP contribution in [0.1, 0.15) is 16.7 Å². The molecule has 150 valence electrons. The number of rotatable bonds is 6. The number of hydrogen-bond donors (Lipinski definition) is 1. The number of methoxy groups -OCH3 is 4. The van der Waals surface area contributed by atoms with Crippen LogP contribution in [0, 0.1) is 0 Å². The summed E-state index contributed by atoms with van der Waals surface area (Å²) in [4.78, 5) is 14.5. The van der Waals surface area contributed by atoms with Gasteiger partial charge in [0.2, 0.25) is 0 Å². The highest BCUT2D eigenvalue weighted by molar-refractivity contribution is 5.74. The van der Waals surface area contributed by atoms with Gasteiger partial charge in [-0.15, -0.1) is 0 Å². The summed E-state index contributed by atoms with van der Waals surface area (Å²) in [5.74, 6) is 2.77. The maximum absolute atomic E-state index is 12.7. The van der Waals surface area contributed by atoms with Crippen LogP contribution in [0.3, 0.4) is 0 Å². The Kier molecular flexibility index (Phi) is 6.13. The lowest BCUT2D eigenvalue weighted by Gasteiger charge is -2.29. The molecule has 28 heavy (non-hydrogen) atoms. The van der Waals surface area contributed by atoms with E-state index in [2.05, 4.69) is 5.32 Å². The van der Waals surface area contributed by atoms with Crippen LogP contribution >= 0.6 is 0 Å². The van der Waals surface area contributed by atoms with Gasteiger partial charge in [-0.25, -0.2) is 4.79 Å². The van der Waals surface area contributed by atoms with E-state index >= 15 is 0 Å². The third-order valence-corrected chi connectivity index (χ3v) is 4.86. The molecule has 0 aromatic heterocycles. The Hall–Kier alpha value is -3.09. The predicted molar refractivity (Wildman–Crippen MR) is 105 cm³/mol. The van der Waals surface area contributed by atoms with Gasteiger partial charge in [-0.3, -0.25) is 0 Å². The molecule has 0 aliphatic carbocycles. The molecule has 0 saturated carbocycles. The Morgan fingerprint density at radius 2 is 1.50 bits per heavy atom. The minimum absolute atomic E-state index is 0.109. The topological polar surface area (TPSA) is 69.3 Å². The quantitative estimate of drug-likeness (QED) is 0.827. The molecule has 0 radical (unpaired) electrons. The zero-order valence-electron chi connectivity index (χ0n) is 16.7. The van der Waals surface area contributed by atoms with Crippen LogP contribution in [0.4, 0.5) is 4.79 Å². The first-order valence-electron chi connectivity index (χ1n) is 9.06. The van der Waals surface area contributed by atoms with Gasteiger partial charge in [0.25, 0.3) is 0 Å². The van der Waals surface area contributed by atoms with E-state index in [0.717, 1.165) is 17.5 Å². The fraction of sp³-hybridized carbons (Fsp3) is 0.381. The molecule has 1 N–H and O–H groups in total. The normalized spacial score (nSPS) is 12.8. The van der Waals surface area contributed by atoms with Crippen molar-refractivity contribution in [2.75, 3.05) is 35.0 Å². The fourth-order valence-corrected chi connectivity index (χ4v) is 3.31. The highest BCUT2D eigenvalue weighted by atomic mass is 16.5. The highest BCUT2D eigenvalue weighted by Gasteiger charge is 2.22. The fourth-order valence-electron chi connectivity index (χ4n) is 3.31. The molecule has 1 aliphatic heterocycles. The summed E-state index contributed by atoms with van der Waals surface area (Å²) in [6, 6.07) is 9.39. The summed E-state index contributed by atoms with van der Waals surface area (Å²) in [5, 5.41) is 2.97. The van der Waals surface area contributed by atoms with Gasteiger partial charge >= 0.3 is 6.03 Å². The van der Waals surface area contributed by atoms with E-state index in [0.29, 0.717) is 42.6 Å². The zero-order valence-corrected chi connectivity index (χ0v) is 16.7. The Morgan fingerprint density at radius 1 is 0.893 bits per heavy atom. The molecular weight excluding hydrogens is 360 g/mol.